The van der Waals surface area contributed by atoms with E-state index in [0.717, 1.165) is 18.0 Å². The van der Waals surface area contributed by atoms with E-state index in [1.807, 2.05) is 42.1 Å². The number of methoxy groups -OCH3 is 1. The summed E-state index contributed by atoms with van der Waals surface area (Å²) in [5, 5.41) is 5.00. The van der Waals surface area contributed by atoms with Gasteiger partial charge in [-0.05, 0) is 24.6 Å². The van der Waals surface area contributed by atoms with E-state index >= 15 is 0 Å². The first kappa shape index (κ1) is 11.0. The van der Waals surface area contributed by atoms with Gasteiger partial charge in [0.1, 0.15) is 5.75 Å². The third-order valence-electron chi connectivity index (χ3n) is 2.39. The minimum Gasteiger partial charge on any atom is -0.497 e. The quantitative estimate of drug-likeness (QED) is 0.820. The predicted octanol–water partition coefficient (Wildman–Crippen LogP) is 2.90. The van der Waals surface area contributed by atoms with Crippen molar-refractivity contribution in [1.29, 1.82) is 0 Å². The smallest absolute Gasteiger partial charge is 0.118 e. The Morgan fingerprint density at radius 1 is 1.31 bits per heavy atom. The summed E-state index contributed by atoms with van der Waals surface area (Å²) in [5.41, 5.74) is 2.02. The molecule has 0 fully saturated rings. The lowest BCUT2D eigenvalue weighted by Gasteiger charge is -2.03. The van der Waals surface area contributed by atoms with Crippen molar-refractivity contribution in [3.63, 3.8) is 0 Å². The van der Waals surface area contributed by atoms with E-state index in [1.54, 1.807) is 7.11 Å². The fourth-order valence-corrected chi connectivity index (χ4v) is 1.64. The molecular weight excluding hydrogens is 224 g/mol. The molecule has 0 N–H and O–H groups in total. The fraction of sp³-hybridized carbons (Fsp3) is 0.250. The average Bonchev–Trinajstić information content (AvgIpc) is 2.59. The summed E-state index contributed by atoms with van der Waals surface area (Å²) < 4.78 is 6.93. The second kappa shape index (κ2) is 4.58. The van der Waals surface area contributed by atoms with Crippen LogP contribution in [0.15, 0.2) is 30.5 Å². The van der Waals surface area contributed by atoms with Gasteiger partial charge in [-0.15, -0.1) is 0 Å². The minimum absolute atomic E-state index is 0.702. The maximum atomic E-state index is 5.94. The van der Waals surface area contributed by atoms with Crippen LogP contribution in [0.5, 0.6) is 5.75 Å². The largest absolute Gasteiger partial charge is 0.497 e. The molecule has 0 saturated heterocycles. The second-order valence-corrected chi connectivity index (χ2v) is 4.02. The second-order valence-electron chi connectivity index (χ2n) is 3.61. The highest BCUT2D eigenvalue weighted by atomic mass is 35.5. The van der Waals surface area contributed by atoms with Crippen LogP contribution in [-0.4, -0.2) is 16.9 Å². The molecule has 0 saturated carbocycles. The number of halogens is 1. The van der Waals surface area contributed by atoms with Gasteiger partial charge in [0.15, 0.2) is 0 Å². The summed E-state index contributed by atoms with van der Waals surface area (Å²) in [6.07, 6.45) is 1.83. The van der Waals surface area contributed by atoms with Crippen LogP contribution >= 0.6 is 11.6 Å². The third kappa shape index (κ3) is 2.36. The lowest BCUT2D eigenvalue weighted by atomic mass is 10.2. The van der Waals surface area contributed by atoms with Crippen molar-refractivity contribution in [2.24, 2.45) is 0 Å². The van der Waals surface area contributed by atoms with Gasteiger partial charge in [-0.1, -0.05) is 23.7 Å². The summed E-state index contributed by atoms with van der Waals surface area (Å²) >= 11 is 5.94. The van der Waals surface area contributed by atoms with Gasteiger partial charge in [-0.2, -0.15) is 5.10 Å². The molecule has 0 unspecified atom stereocenters. The zero-order valence-electron chi connectivity index (χ0n) is 9.27. The normalized spacial score (nSPS) is 10.4. The summed E-state index contributed by atoms with van der Waals surface area (Å²) in [7, 11) is 1.66. The molecule has 1 aromatic heterocycles. The van der Waals surface area contributed by atoms with Crippen molar-refractivity contribution in [2.75, 3.05) is 7.11 Å². The number of benzene rings is 1. The monoisotopic (exact) mass is 236 g/mol. The van der Waals surface area contributed by atoms with Crippen molar-refractivity contribution >= 4 is 11.6 Å². The van der Waals surface area contributed by atoms with Crippen LogP contribution in [0, 0.1) is 6.92 Å². The number of nitrogens with zero attached hydrogens (tertiary/aromatic N) is 2. The summed E-state index contributed by atoms with van der Waals surface area (Å²) in [4.78, 5) is 0. The molecule has 0 aliphatic rings. The lowest BCUT2D eigenvalue weighted by molar-refractivity contribution is 0.414. The molecule has 0 spiro atoms. The number of rotatable bonds is 3. The van der Waals surface area contributed by atoms with Crippen LogP contribution in [0.3, 0.4) is 0 Å². The molecule has 4 heteroatoms. The molecule has 0 bridgehead atoms. The Morgan fingerprint density at radius 2 is 2.00 bits per heavy atom. The molecule has 0 atom stereocenters. The van der Waals surface area contributed by atoms with E-state index in [4.69, 9.17) is 16.3 Å². The Balaban J connectivity index is 2.14. The highest BCUT2D eigenvalue weighted by molar-refractivity contribution is 6.31. The van der Waals surface area contributed by atoms with Gasteiger partial charge < -0.3 is 4.74 Å². The van der Waals surface area contributed by atoms with Gasteiger partial charge in [0.05, 0.1) is 24.4 Å². The number of aryl methyl sites for hydroxylation is 1. The molecular formula is C12H13ClN2O. The Bertz CT molecular complexity index is 457. The molecule has 84 valence electrons. The fourth-order valence-electron chi connectivity index (χ4n) is 1.49. The van der Waals surface area contributed by atoms with Crippen LogP contribution in [-0.2, 0) is 6.54 Å². The summed E-state index contributed by atoms with van der Waals surface area (Å²) in [6.45, 7) is 2.62. The average molecular weight is 237 g/mol. The van der Waals surface area contributed by atoms with Gasteiger partial charge in [-0.25, -0.2) is 0 Å². The number of hydrogen-bond acceptors (Lipinski definition) is 2. The summed E-state index contributed by atoms with van der Waals surface area (Å²) in [6, 6.07) is 7.91. The van der Waals surface area contributed by atoms with Crippen molar-refractivity contribution in [2.45, 2.75) is 13.5 Å². The first-order valence-corrected chi connectivity index (χ1v) is 5.39. The molecule has 2 aromatic rings. The van der Waals surface area contributed by atoms with Crippen molar-refractivity contribution in [3.8, 4) is 5.75 Å². The molecule has 3 nitrogen and oxygen atoms in total. The SMILES string of the molecule is COc1ccc(Cn2cc(Cl)c(C)n2)cc1. The molecule has 1 heterocycles. The predicted molar refractivity (Wildman–Crippen MR) is 64.1 cm³/mol. The topological polar surface area (TPSA) is 27.1 Å². The first-order valence-electron chi connectivity index (χ1n) is 5.01. The van der Waals surface area contributed by atoms with E-state index in [1.165, 1.54) is 5.56 Å². The number of aromatic nitrogens is 2. The van der Waals surface area contributed by atoms with E-state index in [-0.39, 0.29) is 0 Å². The van der Waals surface area contributed by atoms with Gasteiger partial charge in [0.25, 0.3) is 0 Å². The maximum absolute atomic E-state index is 5.94. The van der Waals surface area contributed by atoms with Gasteiger partial charge in [0.2, 0.25) is 0 Å². The van der Waals surface area contributed by atoms with Crippen LogP contribution in [0.1, 0.15) is 11.3 Å². The summed E-state index contributed by atoms with van der Waals surface area (Å²) in [5.74, 6) is 0.860. The maximum Gasteiger partial charge on any atom is 0.118 e. The van der Waals surface area contributed by atoms with Gasteiger partial charge >= 0.3 is 0 Å². The highest BCUT2D eigenvalue weighted by Crippen LogP contribution is 2.15. The molecule has 0 aliphatic carbocycles. The van der Waals surface area contributed by atoms with Crippen LogP contribution in [0.25, 0.3) is 0 Å². The van der Waals surface area contributed by atoms with Crippen molar-refractivity contribution in [1.82, 2.24) is 9.78 Å². The van der Waals surface area contributed by atoms with E-state index in [2.05, 4.69) is 5.10 Å². The van der Waals surface area contributed by atoms with Gasteiger partial charge in [0, 0.05) is 6.20 Å². The van der Waals surface area contributed by atoms with E-state index < -0.39 is 0 Å². The third-order valence-corrected chi connectivity index (χ3v) is 2.76. The molecule has 0 amide bonds. The molecule has 16 heavy (non-hydrogen) atoms. The zero-order chi connectivity index (χ0) is 11.5. The van der Waals surface area contributed by atoms with E-state index in [0.29, 0.717) is 5.02 Å². The Labute approximate surface area is 99.6 Å². The molecule has 0 radical (unpaired) electrons. The van der Waals surface area contributed by atoms with Crippen molar-refractivity contribution < 1.29 is 4.74 Å². The standard InChI is InChI=1S/C12H13ClN2O/c1-9-12(13)8-15(14-9)7-10-3-5-11(16-2)6-4-10/h3-6,8H,7H2,1-2H3. The zero-order valence-corrected chi connectivity index (χ0v) is 10.0. The Hall–Kier alpha value is -1.48. The van der Waals surface area contributed by atoms with Crippen LogP contribution in [0.4, 0.5) is 0 Å². The lowest BCUT2D eigenvalue weighted by Crippen LogP contribution is -2.00. The first-order chi connectivity index (χ1) is 7.69. The number of ether oxygens (including phenoxy) is 1. The molecule has 2 rings (SSSR count). The number of hydrogen-bond donors (Lipinski definition) is 0. The van der Waals surface area contributed by atoms with Gasteiger partial charge in [-0.3, -0.25) is 4.68 Å². The van der Waals surface area contributed by atoms with E-state index in [9.17, 15) is 0 Å². The Morgan fingerprint density at radius 3 is 2.50 bits per heavy atom. The van der Waals surface area contributed by atoms with Crippen LogP contribution in [0.2, 0.25) is 5.02 Å². The van der Waals surface area contributed by atoms with Crippen molar-refractivity contribution in [3.05, 3.63) is 46.7 Å². The van der Waals surface area contributed by atoms with Crippen LogP contribution < -0.4 is 4.74 Å². The minimum atomic E-state index is 0.702. The highest BCUT2D eigenvalue weighted by Gasteiger charge is 2.02. The Kier molecular flexibility index (Phi) is 3.15. The molecule has 1 aromatic carbocycles. The molecule has 0 aliphatic heterocycles.